The second-order valence-corrected chi connectivity index (χ2v) is 7.75. The van der Waals surface area contributed by atoms with Crippen molar-refractivity contribution in [3.8, 4) is 5.75 Å². The molecule has 1 N–H and O–H groups in total. The van der Waals surface area contributed by atoms with Crippen LogP contribution in [0.15, 0.2) is 17.0 Å². The molecule has 7 heteroatoms. The average molecular weight is 340 g/mol. The highest BCUT2D eigenvalue weighted by Crippen LogP contribution is 2.26. The van der Waals surface area contributed by atoms with Gasteiger partial charge in [0.05, 0.1) is 11.5 Å². The summed E-state index contributed by atoms with van der Waals surface area (Å²) < 4.78 is 33.2. The zero-order chi connectivity index (χ0) is 17.2. The molecular weight excluding hydrogens is 316 g/mol. The predicted molar refractivity (Wildman–Crippen MR) is 88.0 cm³/mol. The summed E-state index contributed by atoms with van der Waals surface area (Å²) in [5, 5.41) is 0. The van der Waals surface area contributed by atoms with Gasteiger partial charge in [0, 0.05) is 26.6 Å². The normalized spacial score (nSPS) is 18.5. The lowest BCUT2D eigenvalue weighted by Crippen LogP contribution is -2.31. The quantitative estimate of drug-likeness (QED) is 0.851. The van der Waals surface area contributed by atoms with E-state index in [4.69, 9.17) is 4.74 Å². The SMILES string of the molecule is CCOc1cc(C)c(S(=O)(=O)NCC2CC(=O)N(C)C2)cc1C. The Morgan fingerprint density at radius 2 is 2.00 bits per heavy atom. The molecule has 0 aromatic heterocycles. The number of ether oxygens (including phenoxy) is 1. The minimum absolute atomic E-state index is 0.0198. The Labute approximate surface area is 137 Å². The third kappa shape index (κ3) is 4.03. The highest BCUT2D eigenvalue weighted by molar-refractivity contribution is 7.89. The monoisotopic (exact) mass is 340 g/mol. The Morgan fingerprint density at radius 3 is 2.57 bits per heavy atom. The van der Waals surface area contributed by atoms with Crippen LogP contribution >= 0.6 is 0 Å². The van der Waals surface area contributed by atoms with Crippen LogP contribution in [0.1, 0.15) is 24.5 Å². The van der Waals surface area contributed by atoms with Crippen LogP contribution in [0.25, 0.3) is 0 Å². The van der Waals surface area contributed by atoms with Crippen molar-refractivity contribution >= 4 is 15.9 Å². The van der Waals surface area contributed by atoms with Crippen molar-refractivity contribution in [2.75, 3.05) is 26.7 Å². The Morgan fingerprint density at radius 1 is 1.30 bits per heavy atom. The summed E-state index contributed by atoms with van der Waals surface area (Å²) in [6, 6.07) is 3.38. The molecule has 0 aliphatic carbocycles. The summed E-state index contributed by atoms with van der Waals surface area (Å²) in [5.41, 5.74) is 1.43. The van der Waals surface area contributed by atoms with E-state index in [0.29, 0.717) is 30.9 Å². The molecule has 6 nitrogen and oxygen atoms in total. The number of benzene rings is 1. The number of carbonyl (C=O) groups is 1. The number of likely N-dealkylation sites (tertiary alicyclic amines) is 1. The molecule has 1 unspecified atom stereocenters. The Hall–Kier alpha value is -1.60. The van der Waals surface area contributed by atoms with Gasteiger partial charge in [0.1, 0.15) is 5.75 Å². The van der Waals surface area contributed by atoms with E-state index in [-0.39, 0.29) is 23.3 Å². The zero-order valence-corrected chi connectivity index (χ0v) is 14.9. The topological polar surface area (TPSA) is 75.7 Å². The number of nitrogens with one attached hydrogen (secondary N) is 1. The van der Waals surface area contributed by atoms with E-state index in [2.05, 4.69) is 4.72 Å². The minimum atomic E-state index is -3.60. The van der Waals surface area contributed by atoms with E-state index in [9.17, 15) is 13.2 Å². The van der Waals surface area contributed by atoms with Crippen LogP contribution < -0.4 is 9.46 Å². The van der Waals surface area contributed by atoms with Crippen LogP contribution in [0, 0.1) is 19.8 Å². The molecule has 0 bridgehead atoms. The third-order valence-electron chi connectivity index (χ3n) is 4.05. The summed E-state index contributed by atoms with van der Waals surface area (Å²) >= 11 is 0. The Bertz CT molecular complexity index is 700. The van der Waals surface area contributed by atoms with Crippen LogP contribution in [0.2, 0.25) is 0 Å². The number of sulfonamides is 1. The first-order chi connectivity index (χ1) is 10.7. The van der Waals surface area contributed by atoms with Gasteiger partial charge in [-0.1, -0.05) is 0 Å². The molecule has 1 aliphatic rings. The Balaban J connectivity index is 2.13. The molecule has 1 heterocycles. The number of nitrogens with zero attached hydrogens (tertiary/aromatic N) is 1. The fourth-order valence-electron chi connectivity index (χ4n) is 2.76. The van der Waals surface area contributed by atoms with Gasteiger partial charge in [-0.25, -0.2) is 13.1 Å². The molecule has 1 amide bonds. The maximum atomic E-state index is 12.5. The van der Waals surface area contributed by atoms with Crippen molar-refractivity contribution in [2.24, 2.45) is 5.92 Å². The number of rotatable bonds is 6. The number of aryl methyl sites for hydroxylation is 2. The predicted octanol–water partition coefficient (Wildman–Crippen LogP) is 1.46. The summed E-state index contributed by atoms with van der Waals surface area (Å²) in [4.78, 5) is 13.4. The highest BCUT2D eigenvalue weighted by Gasteiger charge is 2.28. The lowest BCUT2D eigenvalue weighted by atomic mass is 10.1. The van der Waals surface area contributed by atoms with Crippen LogP contribution in [0.3, 0.4) is 0 Å². The highest BCUT2D eigenvalue weighted by atomic mass is 32.2. The minimum Gasteiger partial charge on any atom is -0.494 e. The van der Waals surface area contributed by atoms with Gasteiger partial charge in [-0.3, -0.25) is 4.79 Å². The first-order valence-corrected chi connectivity index (χ1v) is 9.20. The second-order valence-electron chi connectivity index (χ2n) is 6.01. The van der Waals surface area contributed by atoms with Crippen molar-refractivity contribution in [3.63, 3.8) is 0 Å². The van der Waals surface area contributed by atoms with Gasteiger partial charge >= 0.3 is 0 Å². The molecule has 0 saturated carbocycles. The van der Waals surface area contributed by atoms with E-state index in [1.54, 1.807) is 31.0 Å². The molecule has 0 spiro atoms. The lowest BCUT2D eigenvalue weighted by molar-refractivity contribution is -0.126. The molecule has 1 aromatic carbocycles. The fourth-order valence-corrected chi connectivity index (χ4v) is 4.19. The zero-order valence-electron chi connectivity index (χ0n) is 14.0. The molecule has 128 valence electrons. The number of hydrogen-bond donors (Lipinski definition) is 1. The van der Waals surface area contributed by atoms with Crippen LogP contribution in [0.5, 0.6) is 5.75 Å². The van der Waals surface area contributed by atoms with E-state index in [0.717, 1.165) is 5.56 Å². The van der Waals surface area contributed by atoms with Gasteiger partial charge < -0.3 is 9.64 Å². The van der Waals surface area contributed by atoms with E-state index < -0.39 is 10.0 Å². The fraction of sp³-hybridized carbons (Fsp3) is 0.562. The van der Waals surface area contributed by atoms with Crippen molar-refractivity contribution < 1.29 is 17.9 Å². The molecule has 1 fully saturated rings. The van der Waals surface area contributed by atoms with Crippen LogP contribution in [-0.4, -0.2) is 46.0 Å². The maximum Gasteiger partial charge on any atom is 0.240 e. The van der Waals surface area contributed by atoms with Gasteiger partial charge in [-0.05, 0) is 49.9 Å². The van der Waals surface area contributed by atoms with Crippen molar-refractivity contribution in [3.05, 3.63) is 23.3 Å². The van der Waals surface area contributed by atoms with Gasteiger partial charge in [-0.2, -0.15) is 0 Å². The standard InChI is InChI=1S/C16H24N2O4S/c1-5-22-14-6-12(3)15(7-11(14)2)23(20,21)17-9-13-8-16(19)18(4)10-13/h6-7,13,17H,5,8-10H2,1-4H3. The molecule has 1 aromatic rings. The molecule has 23 heavy (non-hydrogen) atoms. The van der Waals surface area contributed by atoms with Crippen molar-refractivity contribution in [1.82, 2.24) is 9.62 Å². The van der Waals surface area contributed by atoms with Gasteiger partial charge in [0.25, 0.3) is 0 Å². The number of carbonyl (C=O) groups excluding carboxylic acids is 1. The smallest absolute Gasteiger partial charge is 0.240 e. The summed E-state index contributed by atoms with van der Waals surface area (Å²) in [5.74, 6) is 0.778. The number of amides is 1. The van der Waals surface area contributed by atoms with E-state index in [1.807, 2.05) is 13.8 Å². The first-order valence-electron chi connectivity index (χ1n) is 7.72. The Kier molecular flexibility index (Phi) is 5.31. The van der Waals surface area contributed by atoms with E-state index >= 15 is 0 Å². The molecule has 2 rings (SSSR count). The average Bonchev–Trinajstić information content (AvgIpc) is 2.79. The first kappa shape index (κ1) is 17.7. The molecule has 1 saturated heterocycles. The van der Waals surface area contributed by atoms with Crippen LogP contribution in [0.4, 0.5) is 0 Å². The largest absolute Gasteiger partial charge is 0.494 e. The van der Waals surface area contributed by atoms with Crippen LogP contribution in [-0.2, 0) is 14.8 Å². The van der Waals surface area contributed by atoms with Crippen molar-refractivity contribution in [2.45, 2.75) is 32.1 Å². The van der Waals surface area contributed by atoms with Crippen molar-refractivity contribution in [1.29, 1.82) is 0 Å². The lowest BCUT2D eigenvalue weighted by Gasteiger charge is -2.15. The molecule has 1 atom stereocenters. The molecule has 1 aliphatic heterocycles. The van der Waals surface area contributed by atoms with E-state index in [1.165, 1.54) is 0 Å². The van der Waals surface area contributed by atoms with Gasteiger partial charge in [0.2, 0.25) is 15.9 Å². The summed E-state index contributed by atoms with van der Waals surface area (Å²) in [6.45, 7) is 6.86. The third-order valence-corrected chi connectivity index (χ3v) is 5.61. The summed E-state index contributed by atoms with van der Waals surface area (Å²) in [6.07, 6.45) is 0.389. The number of hydrogen-bond acceptors (Lipinski definition) is 4. The summed E-state index contributed by atoms with van der Waals surface area (Å²) in [7, 11) is -1.87. The maximum absolute atomic E-state index is 12.5. The molecular formula is C16H24N2O4S. The molecule has 0 radical (unpaired) electrons. The van der Waals surface area contributed by atoms with Gasteiger partial charge in [0.15, 0.2) is 0 Å². The second kappa shape index (κ2) is 6.88. The van der Waals surface area contributed by atoms with Gasteiger partial charge in [-0.15, -0.1) is 0 Å².